The molecule has 1 aromatic carbocycles. The summed E-state index contributed by atoms with van der Waals surface area (Å²) in [4.78, 5) is 11.7. The number of rotatable bonds is 4. The van der Waals surface area contributed by atoms with Crippen LogP contribution in [0.25, 0.3) is 0 Å². The molecule has 1 heterocycles. The number of ether oxygens (including phenoxy) is 4. The predicted molar refractivity (Wildman–Crippen MR) is 62.9 cm³/mol. The van der Waals surface area contributed by atoms with Gasteiger partial charge in [-0.2, -0.15) is 0 Å². The van der Waals surface area contributed by atoms with Gasteiger partial charge in [-0.3, -0.25) is 4.79 Å². The number of fused-ring (bicyclic) bond motifs is 1. The van der Waals surface area contributed by atoms with Crippen LogP contribution in [0.2, 0.25) is 0 Å². The number of methoxy groups -OCH3 is 2. The maximum absolute atomic E-state index is 11.7. The standard InChI is InChI=1S/C12H15NO5/c1-15-9-4-11-10(17-6-18-11)3-7(9)8(5-13)12(14)16-2/h3-4,8H,5-6,13H2,1-2H3. The number of benzene rings is 1. The molecule has 2 rings (SSSR count). The summed E-state index contributed by atoms with van der Waals surface area (Å²) in [5.74, 6) is 0.707. The van der Waals surface area contributed by atoms with Crippen molar-refractivity contribution in [2.45, 2.75) is 5.92 Å². The van der Waals surface area contributed by atoms with E-state index in [1.54, 1.807) is 12.1 Å². The third-order valence-electron chi connectivity index (χ3n) is 2.82. The van der Waals surface area contributed by atoms with Gasteiger partial charge in [0.2, 0.25) is 6.79 Å². The molecule has 1 unspecified atom stereocenters. The van der Waals surface area contributed by atoms with Crippen molar-refractivity contribution in [1.82, 2.24) is 0 Å². The molecule has 0 radical (unpaired) electrons. The average Bonchev–Trinajstić information content (AvgIpc) is 2.85. The van der Waals surface area contributed by atoms with Gasteiger partial charge in [-0.15, -0.1) is 0 Å². The van der Waals surface area contributed by atoms with Crippen molar-refractivity contribution in [2.24, 2.45) is 5.73 Å². The second-order valence-corrected chi connectivity index (χ2v) is 3.76. The quantitative estimate of drug-likeness (QED) is 0.793. The Morgan fingerprint density at radius 3 is 2.61 bits per heavy atom. The van der Waals surface area contributed by atoms with E-state index in [4.69, 9.17) is 24.7 Å². The van der Waals surface area contributed by atoms with Crippen molar-refractivity contribution in [3.63, 3.8) is 0 Å². The number of carbonyl (C=O) groups is 1. The Balaban J connectivity index is 2.44. The Morgan fingerprint density at radius 2 is 2.06 bits per heavy atom. The van der Waals surface area contributed by atoms with Crippen molar-refractivity contribution < 1.29 is 23.7 Å². The molecule has 0 aromatic heterocycles. The Labute approximate surface area is 105 Å². The number of hydrogen-bond acceptors (Lipinski definition) is 6. The monoisotopic (exact) mass is 253 g/mol. The molecular formula is C12H15NO5. The molecule has 1 aliphatic rings. The Kier molecular flexibility index (Phi) is 3.57. The van der Waals surface area contributed by atoms with Crippen molar-refractivity contribution in [1.29, 1.82) is 0 Å². The molecule has 0 aliphatic carbocycles. The molecule has 1 aliphatic heterocycles. The van der Waals surface area contributed by atoms with Gasteiger partial charge in [0.05, 0.1) is 20.1 Å². The SMILES string of the molecule is COC(=O)C(CN)c1cc2c(cc1OC)OCO2. The summed E-state index contributed by atoms with van der Waals surface area (Å²) in [7, 11) is 2.84. The topological polar surface area (TPSA) is 80.0 Å². The minimum atomic E-state index is -0.584. The van der Waals surface area contributed by atoms with E-state index in [1.165, 1.54) is 14.2 Å². The fraction of sp³-hybridized carbons (Fsp3) is 0.417. The van der Waals surface area contributed by atoms with Crippen LogP contribution in [0.5, 0.6) is 17.2 Å². The van der Waals surface area contributed by atoms with E-state index >= 15 is 0 Å². The molecule has 1 aromatic rings. The first-order valence-electron chi connectivity index (χ1n) is 5.46. The van der Waals surface area contributed by atoms with Crippen molar-refractivity contribution in [2.75, 3.05) is 27.6 Å². The maximum Gasteiger partial charge on any atom is 0.314 e. The van der Waals surface area contributed by atoms with Crippen LogP contribution in [-0.2, 0) is 9.53 Å². The normalized spacial score (nSPS) is 14.2. The number of nitrogens with two attached hydrogens (primary N) is 1. The summed E-state index contributed by atoms with van der Waals surface area (Å²) in [5, 5.41) is 0. The summed E-state index contributed by atoms with van der Waals surface area (Å²) >= 11 is 0. The second kappa shape index (κ2) is 5.14. The highest BCUT2D eigenvalue weighted by Gasteiger charge is 2.27. The van der Waals surface area contributed by atoms with E-state index < -0.39 is 11.9 Å². The second-order valence-electron chi connectivity index (χ2n) is 3.76. The summed E-state index contributed by atoms with van der Waals surface area (Å²) < 4.78 is 20.5. The average molecular weight is 253 g/mol. The lowest BCUT2D eigenvalue weighted by Crippen LogP contribution is -2.23. The van der Waals surface area contributed by atoms with E-state index in [0.717, 1.165) is 0 Å². The van der Waals surface area contributed by atoms with Gasteiger partial charge in [0.15, 0.2) is 11.5 Å². The van der Waals surface area contributed by atoms with Gasteiger partial charge in [0.25, 0.3) is 0 Å². The molecule has 0 fully saturated rings. The van der Waals surface area contributed by atoms with Gasteiger partial charge in [-0.05, 0) is 6.07 Å². The lowest BCUT2D eigenvalue weighted by atomic mass is 9.97. The number of esters is 1. The fourth-order valence-electron chi connectivity index (χ4n) is 1.88. The van der Waals surface area contributed by atoms with Gasteiger partial charge < -0.3 is 24.7 Å². The van der Waals surface area contributed by atoms with Crippen LogP contribution in [0, 0.1) is 0 Å². The predicted octanol–water partition coefficient (Wildman–Crippen LogP) is 0.639. The molecule has 0 amide bonds. The smallest absolute Gasteiger partial charge is 0.314 e. The molecule has 2 N–H and O–H groups in total. The third kappa shape index (κ3) is 2.06. The van der Waals surface area contributed by atoms with Crippen LogP contribution in [0.3, 0.4) is 0 Å². The number of hydrogen-bond donors (Lipinski definition) is 1. The highest BCUT2D eigenvalue weighted by atomic mass is 16.7. The van der Waals surface area contributed by atoms with Gasteiger partial charge in [-0.1, -0.05) is 0 Å². The molecule has 1 atom stereocenters. The van der Waals surface area contributed by atoms with E-state index in [1.807, 2.05) is 0 Å². The zero-order valence-corrected chi connectivity index (χ0v) is 10.3. The van der Waals surface area contributed by atoms with Crippen molar-refractivity contribution in [3.8, 4) is 17.2 Å². The van der Waals surface area contributed by atoms with Crippen LogP contribution in [0.1, 0.15) is 11.5 Å². The van der Waals surface area contributed by atoms with Crippen LogP contribution >= 0.6 is 0 Å². The zero-order valence-electron chi connectivity index (χ0n) is 10.3. The van der Waals surface area contributed by atoms with Gasteiger partial charge >= 0.3 is 5.97 Å². The molecule has 0 bridgehead atoms. The first-order valence-corrected chi connectivity index (χ1v) is 5.46. The third-order valence-corrected chi connectivity index (χ3v) is 2.82. The summed E-state index contributed by atoms with van der Waals surface area (Å²) in [6, 6.07) is 3.39. The minimum Gasteiger partial charge on any atom is -0.496 e. The van der Waals surface area contributed by atoms with E-state index in [-0.39, 0.29) is 13.3 Å². The first kappa shape index (κ1) is 12.5. The van der Waals surface area contributed by atoms with Crippen LogP contribution in [-0.4, -0.2) is 33.5 Å². The van der Waals surface area contributed by atoms with E-state index in [0.29, 0.717) is 22.8 Å². The van der Waals surface area contributed by atoms with Gasteiger partial charge in [-0.25, -0.2) is 0 Å². The van der Waals surface area contributed by atoms with Crippen LogP contribution in [0.4, 0.5) is 0 Å². The molecular weight excluding hydrogens is 238 g/mol. The molecule has 18 heavy (non-hydrogen) atoms. The lowest BCUT2D eigenvalue weighted by molar-refractivity contribution is -0.142. The van der Waals surface area contributed by atoms with Crippen LogP contribution < -0.4 is 19.9 Å². The summed E-state index contributed by atoms with van der Waals surface area (Å²) in [6.45, 7) is 0.288. The molecule has 0 saturated heterocycles. The van der Waals surface area contributed by atoms with Gasteiger partial charge in [0.1, 0.15) is 5.75 Å². The summed E-state index contributed by atoms with van der Waals surface area (Å²) in [6.07, 6.45) is 0. The Bertz CT molecular complexity index is 460. The van der Waals surface area contributed by atoms with Gasteiger partial charge in [0, 0.05) is 18.2 Å². The lowest BCUT2D eigenvalue weighted by Gasteiger charge is -2.16. The molecule has 98 valence electrons. The molecule has 0 spiro atoms. The largest absolute Gasteiger partial charge is 0.496 e. The molecule has 6 heteroatoms. The highest BCUT2D eigenvalue weighted by molar-refractivity contribution is 5.80. The molecule has 6 nitrogen and oxygen atoms in total. The number of carbonyl (C=O) groups excluding carboxylic acids is 1. The Hall–Kier alpha value is -1.95. The van der Waals surface area contributed by atoms with Crippen molar-refractivity contribution >= 4 is 5.97 Å². The van der Waals surface area contributed by atoms with Crippen LogP contribution in [0.15, 0.2) is 12.1 Å². The highest BCUT2D eigenvalue weighted by Crippen LogP contribution is 2.40. The first-order chi connectivity index (χ1) is 8.71. The Morgan fingerprint density at radius 1 is 1.39 bits per heavy atom. The van der Waals surface area contributed by atoms with E-state index in [9.17, 15) is 4.79 Å². The maximum atomic E-state index is 11.7. The minimum absolute atomic E-state index is 0.128. The molecule has 0 saturated carbocycles. The zero-order chi connectivity index (χ0) is 13.1. The van der Waals surface area contributed by atoms with Crippen molar-refractivity contribution in [3.05, 3.63) is 17.7 Å². The van der Waals surface area contributed by atoms with E-state index in [2.05, 4.69) is 0 Å². The fourth-order valence-corrected chi connectivity index (χ4v) is 1.88. The summed E-state index contributed by atoms with van der Waals surface area (Å²) in [5.41, 5.74) is 6.26.